The number of amides is 1. The van der Waals surface area contributed by atoms with Crippen molar-refractivity contribution in [3.8, 4) is 0 Å². The summed E-state index contributed by atoms with van der Waals surface area (Å²) in [5, 5.41) is 3.47. The lowest BCUT2D eigenvalue weighted by molar-refractivity contribution is -0.115. The molecule has 78 valence electrons. The lowest BCUT2D eigenvalue weighted by atomic mass is 10.0. The monoisotopic (exact) mass is 206 g/mol. The Morgan fingerprint density at radius 3 is 2.46 bits per heavy atom. The Kier molecular flexibility index (Phi) is 8.14. The van der Waals surface area contributed by atoms with E-state index in [0.717, 1.165) is 6.04 Å². The molecule has 0 aromatic heterocycles. The number of nitrogens with one attached hydrogen (secondary N) is 1. The molecule has 1 atom stereocenters. The summed E-state index contributed by atoms with van der Waals surface area (Å²) in [4.78, 5) is 9.46. The Morgan fingerprint density at radius 1 is 1.62 bits per heavy atom. The zero-order valence-corrected chi connectivity index (χ0v) is 8.94. The van der Waals surface area contributed by atoms with Crippen LogP contribution in [0, 0.1) is 0 Å². The summed E-state index contributed by atoms with van der Waals surface area (Å²) >= 11 is 4.86. The van der Waals surface area contributed by atoms with Gasteiger partial charge in [-0.1, -0.05) is 13.3 Å². The Hall–Kier alpha value is -0.280. The van der Waals surface area contributed by atoms with E-state index >= 15 is 0 Å². The molecule has 3 N–H and O–H groups in total. The number of rotatable bonds is 2. The van der Waals surface area contributed by atoms with Gasteiger partial charge in [-0.05, 0) is 25.8 Å². The second kappa shape index (κ2) is 8.32. The molecule has 0 radical (unpaired) electrons. The molecule has 0 saturated carbocycles. The van der Waals surface area contributed by atoms with Crippen molar-refractivity contribution in [3.63, 3.8) is 0 Å². The number of hydrogen-bond acceptors (Lipinski definition) is 2. The summed E-state index contributed by atoms with van der Waals surface area (Å²) in [5.74, 6) is -0.563. The van der Waals surface area contributed by atoms with E-state index in [1.54, 1.807) is 0 Å². The fourth-order valence-corrected chi connectivity index (χ4v) is 1.27. The molecule has 0 bridgehead atoms. The van der Waals surface area contributed by atoms with Gasteiger partial charge in [0, 0.05) is 6.04 Å². The fourth-order valence-electron chi connectivity index (χ4n) is 1.27. The van der Waals surface area contributed by atoms with Gasteiger partial charge in [0.2, 0.25) is 5.91 Å². The summed E-state index contributed by atoms with van der Waals surface area (Å²) in [6, 6.07) is 0.837. The summed E-state index contributed by atoms with van der Waals surface area (Å²) in [7, 11) is 0. The standard InChI is InChI=1S/C7H15N.C2H4ClNO/c1-2-7-5-3-4-6-8-7;3-1-2(4)5/h7-8H,2-6H2,1H3;1H2,(H2,4,5). The molecular formula is C9H19ClN2O. The predicted octanol–water partition coefficient (Wildman–Crippen LogP) is 1.25. The van der Waals surface area contributed by atoms with E-state index in [0.29, 0.717) is 0 Å². The first-order valence-corrected chi connectivity index (χ1v) is 5.31. The molecule has 1 unspecified atom stereocenters. The Balaban J connectivity index is 0.000000252. The fraction of sp³-hybridized carbons (Fsp3) is 0.889. The maximum Gasteiger partial charge on any atom is 0.232 e. The van der Waals surface area contributed by atoms with Crippen LogP contribution >= 0.6 is 11.6 Å². The second-order valence-corrected chi connectivity index (χ2v) is 3.42. The molecule has 1 heterocycles. The van der Waals surface area contributed by atoms with E-state index in [9.17, 15) is 4.79 Å². The van der Waals surface area contributed by atoms with Crippen LogP contribution in [0.25, 0.3) is 0 Å². The van der Waals surface area contributed by atoms with Crippen LogP contribution in [-0.2, 0) is 4.79 Å². The van der Waals surface area contributed by atoms with Crippen molar-refractivity contribution in [1.29, 1.82) is 0 Å². The van der Waals surface area contributed by atoms with Crippen molar-refractivity contribution in [2.45, 2.75) is 38.6 Å². The predicted molar refractivity (Wildman–Crippen MR) is 55.8 cm³/mol. The second-order valence-electron chi connectivity index (χ2n) is 3.16. The van der Waals surface area contributed by atoms with Crippen LogP contribution in [0.3, 0.4) is 0 Å². The number of carbonyl (C=O) groups is 1. The number of alkyl halides is 1. The summed E-state index contributed by atoms with van der Waals surface area (Å²) in [6.45, 7) is 3.50. The van der Waals surface area contributed by atoms with Crippen molar-refractivity contribution >= 4 is 17.5 Å². The lowest BCUT2D eigenvalue weighted by Crippen LogP contribution is -2.32. The Labute approximate surface area is 85.0 Å². The molecule has 0 spiro atoms. The van der Waals surface area contributed by atoms with Crippen LogP contribution in [0.4, 0.5) is 0 Å². The van der Waals surface area contributed by atoms with Gasteiger partial charge < -0.3 is 11.1 Å². The van der Waals surface area contributed by atoms with E-state index in [4.69, 9.17) is 11.6 Å². The summed E-state index contributed by atoms with van der Waals surface area (Å²) in [6.07, 6.45) is 5.53. The van der Waals surface area contributed by atoms with Crippen LogP contribution in [0.1, 0.15) is 32.6 Å². The van der Waals surface area contributed by atoms with Gasteiger partial charge in [-0.3, -0.25) is 4.79 Å². The van der Waals surface area contributed by atoms with Crippen LogP contribution < -0.4 is 11.1 Å². The molecular weight excluding hydrogens is 188 g/mol. The van der Waals surface area contributed by atoms with Crippen molar-refractivity contribution in [1.82, 2.24) is 5.32 Å². The number of halogens is 1. The molecule has 13 heavy (non-hydrogen) atoms. The van der Waals surface area contributed by atoms with Gasteiger partial charge in [-0.2, -0.15) is 0 Å². The first-order valence-electron chi connectivity index (χ1n) is 4.78. The van der Waals surface area contributed by atoms with Gasteiger partial charge in [-0.25, -0.2) is 0 Å². The highest BCUT2D eigenvalue weighted by molar-refractivity contribution is 6.27. The molecule has 1 aliphatic rings. The lowest BCUT2D eigenvalue weighted by Gasteiger charge is -2.21. The normalized spacial score (nSPS) is 21.5. The van der Waals surface area contributed by atoms with Crippen molar-refractivity contribution in [2.75, 3.05) is 12.4 Å². The maximum absolute atomic E-state index is 9.46. The van der Waals surface area contributed by atoms with Crippen LogP contribution in [-0.4, -0.2) is 24.4 Å². The molecule has 0 aromatic rings. The largest absolute Gasteiger partial charge is 0.369 e. The van der Waals surface area contributed by atoms with Gasteiger partial charge >= 0.3 is 0 Å². The molecule has 1 aliphatic heterocycles. The average molecular weight is 207 g/mol. The third-order valence-corrected chi connectivity index (χ3v) is 2.30. The van der Waals surface area contributed by atoms with E-state index in [2.05, 4.69) is 18.0 Å². The van der Waals surface area contributed by atoms with Crippen molar-refractivity contribution in [2.24, 2.45) is 5.73 Å². The average Bonchev–Trinajstić information content (AvgIpc) is 2.20. The van der Waals surface area contributed by atoms with Crippen LogP contribution in [0.5, 0.6) is 0 Å². The third kappa shape index (κ3) is 8.06. The molecule has 0 aromatic carbocycles. The van der Waals surface area contributed by atoms with Gasteiger partial charge in [-0.15, -0.1) is 11.6 Å². The first kappa shape index (κ1) is 12.7. The van der Waals surface area contributed by atoms with E-state index in [1.165, 1.54) is 32.2 Å². The highest BCUT2D eigenvalue weighted by Crippen LogP contribution is 2.08. The van der Waals surface area contributed by atoms with Gasteiger partial charge in [0.1, 0.15) is 5.88 Å². The number of nitrogens with two attached hydrogens (primary N) is 1. The highest BCUT2D eigenvalue weighted by atomic mass is 35.5. The Bertz CT molecular complexity index is 136. The minimum atomic E-state index is -0.480. The molecule has 1 rings (SSSR count). The van der Waals surface area contributed by atoms with Crippen LogP contribution in [0.2, 0.25) is 0 Å². The first-order chi connectivity index (χ1) is 6.20. The maximum atomic E-state index is 9.46. The molecule has 1 fully saturated rings. The number of carbonyl (C=O) groups excluding carboxylic acids is 1. The zero-order chi connectivity index (χ0) is 10.1. The summed E-state index contributed by atoms with van der Waals surface area (Å²) < 4.78 is 0. The van der Waals surface area contributed by atoms with E-state index in [1.807, 2.05) is 0 Å². The highest BCUT2D eigenvalue weighted by Gasteiger charge is 2.08. The van der Waals surface area contributed by atoms with Crippen molar-refractivity contribution < 1.29 is 4.79 Å². The number of piperidine rings is 1. The van der Waals surface area contributed by atoms with E-state index in [-0.39, 0.29) is 5.88 Å². The minimum absolute atomic E-state index is 0.0833. The Morgan fingerprint density at radius 2 is 2.23 bits per heavy atom. The molecule has 1 amide bonds. The molecule has 0 aliphatic carbocycles. The van der Waals surface area contributed by atoms with E-state index < -0.39 is 5.91 Å². The minimum Gasteiger partial charge on any atom is -0.369 e. The number of primary amides is 1. The van der Waals surface area contributed by atoms with Gasteiger partial charge in [0.25, 0.3) is 0 Å². The van der Waals surface area contributed by atoms with Gasteiger partial charge in [0.15, 0.2) is 0 Å². The molecule has 4 heteroatoms. The van der Waals surface area contributed by atoms with Crippen LogP contribution in [0.15, 0.2) is 0 Å². The topological polar surface area (TPSA) is 55.1 Å². The smallest absolute Gasteiger partial charge is 0.232 e. The SMILES string of the molecule is CCC1CCCCN1.NC(=O)CCl. The third-order valence-electron chi connectivity index (χ3n) is 2.04. The molecule has 1 saturated heterocycles. The zero-order valence-electron chi connectivity index (χ0n) is 8.18. The quantitative estimate of drug-likeness (QED) is 0.669. The molecule has 3 nitrogen and oxygen atoms in total. The van der Waals surface area contributed by atoms with Gasteiger partial charge in [0.05, 0.1) is 0 Å². The number of hydrogen-bond donors (Lipinski definition) is 2. The summed E-state index contributed by atoms with van der Waals surface area (Å²) in [5.41, 5.74) is 4.52. The van der Waals surface area contributed by atoms with Crippen molar-refractivity contribution in [3.05, 3.63) is 0 Å².